The maximum absolute atomic E-state index is 13.3. The van der Waals surface area contributed by atoms with E-state index < -0.39 is 0 Å². The Hall–Kier alpha value is -1.28. The molecule has 1 aromatic carbocycles. The number of hydrogen-bond donors (Lipinski definition) is 0. The summed E-state index contributed by atoms with van der Waals surface area (Å²) in [5.41, 5.74) is 3.68. The van der Waals surface area contributed by atoms with Gasteiger partial charge in [0.2, 0.25) is 0 Å². The van der Waals surface area contributed by atoms with Gasteiger partial charge in [-0.3, -0.25) is 0 Å². The summed E-state index contributed by atoms with van der Waals surface area (Å²) in [6, 6.07) is 4.92. The van der Waals surface area contributed by atoms with Crippen molar-refractivity contribution in [2.45, 2.75) is 32.6 Å². The predicted molar refractivity (Wildman–Crippen MR) is 71.7 cm³/mol. The highest BCUT2D eigenvalue weighted by Crippen LogP contribution is 2.36. The number of halogens is 2. The van der Waals surface area contributed by atoms with Crippen LogP contribution in [0.2, 0.25) is 0 Å². The molecule has 0 saturated carbocycles. The predicted octanol–water partition coefficient (Wildman–Crippen LogP) is 4.93. The van der Waals surface area contributed by atoms with Crippen molar-refractivity contribution < 1.29 is 8.81 Å². The Kier molecular flexibility index (Phi) is 3.76. The summed E-state index contributed by atoms with van der Waals surface area (Å²) in [4.78, 5) is 0. The highest BCUT2D eigenvalue weighted by Gasteiger charge is 2.20. The molecule has 0 aliphatic heterocycles. The lowest BCUT2D eigenvalue weighted by Crippen LogP contribution is -2.01. The van der Waals surface area contributed by atoms with E-state index in [-0.39, 0.29) is 11.2 Å². The third-order valence-corrected chi connectivity index (χ3v) is 3.64. The lowest BCUT2D eigenvalue weighted by Gasteiger charge is -2.16. The fraction of sp³-hybridized carbons (Fsp3) is 0.333. The molecule has 0 fully saturated rings. The fourth-order valence-corrected chi connectivity index (χ4v) is 2.88. The first kappa shape index (κ1) is 13.2. The fourth-order valence-electron chi connectivity index (χ4n) is 2.34. The van der Waals surface area contributed by atoms with Crippen molar-refractivity contribution >= 4 is 11.6 Å². The Bertz CT molecular complexity index is 536. The van der Waals surface area contributed by atoms with Crippen molar-refractivity contribution in [2.75, 3.05) is 0 Å². The molecule has 0 spiro atoms. The van der Waals surface area contributed by atoms with Crippen LogP contribution in [-0.2, 0) is 6.42 Å². The summed E-state index contributed by atoms with van der Waals surface area (Å²) in [5, 5.41) is -0.292. The second kappa shape index (κ2) is 5.15. The Morgan fingerprint density at radius 3 is 2.44 bits per heavy atom. The van der Waals surface area contributed by atoms with E-state index in [1.807, 2.05) is 26.8 Å². The van der Waals surface area contributed by atoms with Crippen LogP contribution in [0.3, 0.4) is 0 Å². The molecule has 2 rings (SSSR count). The summed E-state index contributed by atoms with van der Waals surface area (Å²) in [6.45, 7) is 5.79. The zero-order chi connectivity index (χ0) is 13.3. The van der Waals surface area contributed by atoms with Crippen molar-refractivity contribution in [3.05, 3.63) is 58.3 Å². The van der Waals surface area contributed by atoms with Gasteiger partial charge in [0.05, 0.1) is 11.6 Å². The first-order valence-electron chi connectivity index (χ1n) is 6.01. The van der Waals surface area contributed by atoms with Gasteiger partial charge >= 0.3 is 0 Å². The molecule has 96 valence electrons. The first-order valence-corrected chi connectivity index (χ1v) is 6.45. The highest BCUT2D eigenvalue weighted by atomic mass is 35.5. The van der Waals surface area contributed by atoms with E-state index in [1.165, 1.54) is 12.1 Å². The average Bonchev–Trinajstić information content (AvgIpc) is 2.75. The Balaban J connectivity index is 2.49. The zero-order valence-electron chi connectivity index (χ0n) is 10.8. The van der Waals surface area contributed by atoms with Gasteiger partial charge in [-0.05, 0) is 48.7 Å². The van der Waals surface area contributed by atoms with Crippen LogP contribution in [0, 0.1) is 19.7 Å². The van der Waals surface area contributed by atoms with Gasteiger partial charge in [0.1, 0.15) is 11.6 Å². The summed E-state index contributed by atoms with van der Waals surface area (Å²) < 4.78 is 18.7. The van der Waals surface area contributed by atoms with Crippen molar-refractivity contribution in [3.63, 3.8) is 0 Å². The van der Waals surface area contributed by atoms with Crippen molar-refractivity contribution in [2.24, 2.45) is 0 Å². The SMILES string of the molecule is CCc1occc1C(Cl)c1c(C)cc(F)cc1C. The van der Waals surface area contributed by atoms with Gasteiger partial charge in [0, 0.05) is 12.0 Å². The van der Waals surface area contributed by atoms with E-state index in [0.29, 0.717) is 0 Å². The second-order valence-corrected chi connectivity index (χ2v) is 4.90. The minimum atomic E-state index is -0.292. The van der Waals surface area contributed by atoms with Crippen LogP contribution in [0.4, 0.5) is 4.39 Å². The Morgan fingerprint density at radius 1 is 1.28 bits per heavy atom. The molecule has 0 bridgehead atoms. The number of rotatable bonds is 3. The quantitative estimate of drug-likeness (QED) is 0.718. The van der Waals surface area contributed by atoms with Gasteiger partial charge in [0.15, 0.2) is 0 Å². The molecule has 1 aromatic heterocycles. The van der Waals surface area contributed by atoms with Crippen molar-refractivity contribution in [3.8, 4) is 0 Å². The summed E-state index contributed by atoms with van der Waals surface area (Å²) in [7, 11) is 0. The maximum Gasteiger partial charge on any atom is 0.123 e. The lowest BCUT2D eigenvalue weighted by molar-refractivity contribution is 0.511. The van der Waals surface area contributed by atoms with Crippen molar-refractivity contribution in [1.29, 1.82) is 0 Å². The number of alkyl halides is 1. The minimum absolute atomic E-state index is 0.222. The molecule has 3 heteroatoms. The molecule has 0 N–H and O–H groups in total. The molecule has 1 nitrogen and oxygen atoms in total. The molecule has 0 aliphatic carbocycles. The molecule has 0 radical (unpaired) electrons. The number of aryl methyl sites for hydroxylation is 3. The topological polar surface area (TPSA) is 13.1 Å². The monoisotopic (exact) mass is 266 g/mol. The third kappa shape index (κ3) is 2.30. The summed E-state index contributed by atoms with van der Waals surface area (Å²) in [5.74, 6) is 0.665. The minimum Gasteiger partial charge on any atom is -0.469 e. The van der Waals surface area contributed by atoms with Gasteiger partial charge < -0.3 is 4.42 Å². The van der Waals surface area contributed by atoms with E-state index in [4.69, 9.17) is 16.0 Å². The zero-order valence-corrected chi connectivity index (χ0v) is 11.5. The van der Waals surface area contributed by atoms with Gasteiger partial charge in [-0.15, -0.1) is 11.6 Å². The molecule has 0 saturated heterocycles. The Morgan fingerprint density at radius 2 is 1.89 bits per heavy atom. The van der Waals surface area contributed by atoms with Crippen LogP contribution in [-0.4, -0.2) is 0 Å². The van der Waals surface area contributed by atoms with E-state index in [2.05, 4.69) is 0 Å². The highest BCUT2D eigenvalue weighted by molar-refractivity contribution is 6.22. The lowest BCUT2D eigenvalue weighted by atomic mass is 9.95. The number of benzene rings is 1. The van der Waals surface area contributed by atoms with E-state index in [1.54, 1.807) is 6.26 Å². The largest absolute Gasteiger partial charge is 0.469 e. The third-order valence-electron chi connectivity index (χ3n) is 3.19. The molecule has 0 amide bonds. The summed E-state index contributed by atoms with van der Waals surface area (Å²) >= 11 is 6.54. The smallest absolute Gasteiger partial charge is 0.123 e. The van der Waals surface area contributed by atoms with Crippen LogP contribution in [0.5, 0.6) is 0 Å². The maximum atomic E-state index is 13.3. The standard InChI is InChI=1S/C15H16ClFO/c1-4-13-12(5-6-18-13)15(16)14-9(2)7-11(17)8-10(14)3/h5-8,15H,4H2,1-3H3. The van der Waals surface area contributed by atoms with Crippen LogP contribution >= 0.6 is 11.6 Å². The van der Waals surface area contributed by atoms with Gasteiger partial charge in [-0.1, -0.05) is 6.92 Å². The van der Waals surface area contributed by atoms with Gasteiger partial charge in [-0.25, -0.2) is 4.39 Å². The van der Waals surface area contributed by atoms with Crippen LogP contribution in [0.1, 0.15) is 40.3 Å². The molecule has 18 heavy (non-hydrogen) atoms. The Labute approximate surface area is 112 Å². The van der Waals surface area contributed by atoms with Gasteiger partial charge in [0.25, 0.3) is 0 Å². The van der Waals surface area contributed by atoms with E-state index in [0.717, 1.165) is 34.4 Å². The molecule has 1 heterocycles. The average molecular weight is 267 g/mol. The second-order valence-electron chi connectivity index (χ2n) is 4.47. The number of furan rings is 1. The summed E-state index contributed by atoms with van der Waals surface area (Å²) in [6.07, 6.45) is 2.45. The molecule has 0 aliphatic rings. The number of hydrogen-bond acceptors (Lipinski definition) is 1. The molecule has 2 aromatic rings. The molecule has 1 atom stereocenters. The normalized spacial score (nSPS) is 12.7. The van der Waals surface area contributed by atoms with E-state index in [9.17, 15) is 4.39 Å². The molecular formula is C15H16ClFO. The van der Waals surface area contributed by atoms with Crippen molar-refractivity contribution in [1.82, 2.24) is 0 Å². The van der Waals surface area contributed by atoms with Crippen LogP contribution in [0.25, 0.3) is 0 Å². The molecular weight excluding hydrogens is 251 g/mol. The first-order chi connectivity index (χ1) is 8.54. The van der Waals surface area contributed by atoms with Crippen LogP contribution < -0.4 is 0 Å². The van der Waals surface area contributed by atoms with Crippen LogP contribution in [0.15, 0.2) is 28.9 Å². The molecule has 1 unspecified atom stereocenters. The van der Waals surface area contributed by atoms with E-state index >= 15 is 0 Å². The van der Waals surface area contributed by atoms with Gasteiger partial charge in [-0.2, -0.15) is 0 Å².